The van der Waals surface area contributed by atoms with E-state index < -0.39 is 0 Å². The van der Waals surface area contributed by atoms with Crippen LogP contribution in [0.4, 0.5) is 0 Å². The van der Waals surface area contributed by atoms with Crippen molar-refractivity contribution in [3.63, 3.8) is 0 Å². The van der Waals surface area contributed by atoms with Crippen LogP contribution in [0.15, 0.2) is 48.5 Å². The summed E-state index contributed by atoms with van der Waals surface area (Å²) in [6, 6.07) is 15.7. The molecule has 0 aliphatic heterocycles. The Kier molecular flexibility index (Phi) is 3.75. The molecule has 0 unspecified atom stereocenters. The Balaban J connectivity index is 1.58. The maximum Gasteiger partial charge on any atom is 0.255 e. The highest BCUT2D eigenvalue weighted by molar-refractivity contribution is 5.97. The number of hydrogen-bond acceptors (Lipinski definition) is 2. The van der Waals surface area contributed by atoms with Gasteiger partial charge in [0.05, 0.1) is 12.7 Å². The fourth-order valence-corrected chi connectivity index (χ4v) is 3.80. The van der Waals surface area contributed by atoms with Gasteiger partial charge < -0.3 is 15.0 Å². The van der Waals surface area contributed by atoms with Crippen LogP contribution in [-0.2, 0) is 5.41 Å². The van der Waals surface area contributed by atoms with Crippen LogP contribution in [-0.4, -0.2) is 24.5 Å². The number of methoxy groups -OCH3 is 1. The molecule has 0 atom stereocenters. The topological polar surface area (TPSA) is 54.1 Å². The lowest BCUT2D eigenvalue weighted by Gasteiger charge is -2.18. The number of para-hydroxylation sites is 2. The summed E-state index contributed by atoms with van der Waals surface area (Å²) >= 11 is 0. The summed E-state index contributed by atoms with van der Waals surface area (Å²) in [5.74, 6) is 0.523. The number of nitrogens with one attached hydrogen (secondary N) is 2. The summed E-state index contributed by atoms with van der Waals surface area (Å²) in [7, 11) is 1.59. The van der Waals surface area contributed by atoms with Crippen molar-refractivity contribution in [2.24, 2.45) is 0 Å². The van der Waals surface area contributed by atoms with E-state index in [0.717, 1.165) is 18.4 Å². The van der Waals surface area contributed by atoms with Crippen molar-refractivity contribution in [2.45, 2.75) is 25.2 Å². The number of aromatic amines is 1. The molecule has 4 nitrogen and oxygen atoms in total. The van der Waals surface area contributed by atoms with Crippen LogP contribution in [0.25, 0.3) is 10.9 Å². The normalized spacial score (nSPS) is 15.1. The molecular weight excluding hydrogens is 312 g/mol. The minimum Gasteiger partial charge on any atom is -0.496 e. The van der Waals surface area contributed by atoms with Gasteiger partial charge in [0.2, 0.25) is 0 Å². The number of benzene rings is 2. The molecule has 4 rings (SSSR count). The third kappa shape index (κ3) is 2.68. The predicted molar refractivity (Wildman–Crippen MR) is 99.3 cm³/mol. The molecule has 1 saturated carbocycles. The molecule has 0 saturated heterocycles. The Morgan fingerprint density at radius 3 is 2.64 bits per heavy atom. The van der Waals surface area contributed by atoms with Crippen LogP contribution >= 0.6 is 0 Å². The fraction of sp³-hybridized carbons (Fsp3) is 0.286. The van der Waals surface area contributed by atoms with Gasteiger partial charge in [-0.2, -0.15) is 0 Å². The molecule has 128 valence electrons. The molecule has 0 radical (unpaired) electrons. The van der Waals surface area contributed by atoms with Crippen molar-refractivity contribution < 1.29 is 9.53 Å². The van der Waals surface area contributed by atoms with Crippen molar-refractivity contribution in [2.75, 3.05) is 13.7 Å². The minimum absolute atomic E-state index is 0.0430. The first-order valence-corrected chi connectivity index (χ1v) is 8.64. The van der Waals surface area contributed by atoms with Gasteiger partial charge in [-0.05, 0) is 43.5 Å². The van der Waals surface area contributed by atoms with Gasteiger partial charge in [0.15, 0.2) is 0 Å². The quantitative estimate of drug-likeness (QED) is 0.742. The lowest BCUT2D eigenvalue weighted by atomic mass is 9.93. The molecule has 25 heavy (non-hydrogen) atoms. The molecule has 1 amide bonds. The van der Waals surface area contributed by atoms with Crippen LogP contribution < -0.4 is 10.1 Å². The Bertz CT molecular complexity index is 938. The first-order chi connectivity index (χ1) is 12.1. The molecule has 1 fully saturated rings. The SMILES string of the molecule is COc1ccccc1C(=O)NCC1(c2c(C)[nH]c3ccccc23)CC1. The highest BCUT2D eigenvalue weighted by Gasteiger charge is 2.47. The van der Waals surface area contributed by atoms with Gasteiger partial charge in [-0.1, -0.05) is 30.3 Å². The summed E-state index contributed by atoms with van der Waals surface area (Å²) in [5, 5.41) is 4.39. The van der Waals surface area contributed by atoms with Gasteiger partial charge in [0.1, 0.15) is 5.75 Å². The second-order valence-electron chi connectivity index (χ2n) is 6.83. The highest BCUT2D eigenvalue weighted by Crippen LogP contribution is 2.51. The fourth-order valence-electron chi connectivity index (χ4n) is 3.80. The average molecular weight is 334 g/mol. The molecule has 1 aliphatic carbocycles. The monoisotopic (exact) mass is 334 g/mol. The number of amides is 1. The number of rotatable bonds is 5. The lowest BCUT2D eigenvalue weighted by Crippen LogP contribution is -2.32. The number of H-pyrrole nitrogens is 1. The minimum atomic E-state index is -0.0822. The van der Waals surface area contributed by atoms with Crippen molar-refractivity contribution in [3.8, 4) is 5.75 Å². The first-order valence-electron chi connectivity index (χ1n) is 8.64. The van der Waals surface area contributed by atoms with E-state index in [0.29, 0.717) is 17.9 Å². The Morgan fingerprint density at radius 2 is 1.88 bits per heavy atom. The first kappa shape index (κ1) is 15.8. The summed E-state index contributed by atoms with van der Waals surface area (Å²) in [4.78, 5) is 16.1. The van der Waals surface area contributed by atoms with Crippen molar-refractivity contribution in [1.29, 1.82) is 0 Å². The third-order valence-corrected chi connectivity index (χ3v) is 5.22. The second kappa shape index (κ2) is 5.96. The van der Waals surface area contributed by atoms with Crippen LogP contribution in [0.1, 0.15) is 34.5 Å². The van der Waals surface area contributed by atoms with Gasteiger partial charge >= 0.3 is 0 Å². The van der Waals surface area contributed by atoms with Crippen molar-refractivity contribution in [1.82, 2.24) is 10.3 Å². The van der Waals surface area contributed by atoms with Crippen LogP contribution in [0, 0.1) is 6.92 Å². The van der Waals surface area contributed by atoms with Crippen LogP contribution in [0.5, 0.6) is 5.75 Å². The Hall–Kier alpha value is -2.75. The lowest BCUT2D eigenvalue weighted by molar-refractivity contribution is 0.0946. The van der Waals surface area contributed by atoms with E-state index in [9.17, 15) is 4.79 Å². The van der Waals surface area contributed by atoms with E-state index >= 15 is 0 Å². The largest absolute Gasteiger partial charge is 0.496 e. The van der Waals surface area contributed by atoms with Gasteiger partial charge in [-0.25, -0.2) is 0 Å². The number of carbonyl (C=O) groups is 1. The summed E-state index contributed by atoms with van der Waals surface area (Å²) in [5.41, 5.74) is 4.34. The van der Waals surface area contributed by atoms with Gasteiger partial charge in [-0.3, -0.25) is 4.79 Å². The molecule has 4 heteroatoms. The molecule has 0 bridgehead atoms. The molecule has 0 spiro atoms. The van der Waals surface area contributed by atoms with E-state index in [1.807, 2.05) is 24.3 Å². The van der Waals surface area contributed by atoms with E-state index in [1.54, 1.807) is 13.2 Å². The van der Waals surface area contributed by atoms with Crippen LogP contribution in [0.3, 0.4) is 0 Å². The Labute approximate surface area is 147 Å². The predicted octanol–water partition coefficient (Wildman–Crippen LogP) is 3.95. The van der Waals surface area contributed by atoms with Gasteiger partial charge in [0, 0.05) is 28.6 Å². The molecule has 2 aromatic carbocycles. The van der Waals surface area contributed by atoms with Crippen molar-refractivity contribution in [3.05, 3.63) is 65.4 Å². The molecule has 1 aromatic heterocycles. The van der Waals surface area contributed by atoms with E-state index in [1.165, 1.54) is 16.6 Å². The zero-order valence-electron chi connectivity index (χ0n) is 14.6. The molecule has 2 N–H and O–H groups in total. The smallest absolute Gasteiger partial charge is 0.255 e. The highest BCUT2D eigenvalue weighted by atomic mass is 16.5. The molecule has 1 heterocycles. The van der Waals surface area contributed by atoms with Crippen LogP contribution in [0.2, 0.25) is 0 Å². The number of carbonyl (C=O) groups excluding carboxylic acids is 1. The maximum atomic E-state index is 12.6. The summed E-state index contributed by atoms with van der Waals surface area (Å²) in [6.45, 7) is 2.77. The molecular formula is C21H22N2O2. The van der Waals surface area contributed by atoms with E-state index in [4.69, 9.17) is 4.74 Å². The standard InChI is InChI=1S/C21H22N2O2/c1-14-19(15-7-3-5-9-17(15)23-14)21(11-12-21)13-22-20(24)16-8-4-6-10-18(16)25-2/h3-10,23H,11-13H2,1-2H3,(H,22,24). The van der Waals surface area contributed by atoms with Gasteiger partial charge in [-0.15, -0.1) is 0 Å². The van der Waals surface area contributed by atoms with Crippen molar-refractivity contribution >= 4 is 16.8 Å². The molecule has 3 aromatic rings. The second-order valence-corrected chi connectivity index (χ2v) is 6.83. The van der Waals surface area contributed by atoms with E-state index in [-0.39, 0.29) is 11.3 Å². The Morgan fingerprint density at radius 1 is 1.16 bits per heavy atom. The number of ether oxygens (including phenoxy) is 1. The third-order valence-electron chi connectivity index (χ3n) is 5.22. The average Bonchev–Trinajstić information content (AvgIpc) is 3.34. The zero-order valence-corrected chi connectivity index (χ0v) is 14.6. The number of hydrogen-bond donors (Lipinski definition) is 2. The van der Waals surface area contributed by atoms with E-state index in [2.05, 4.69) is 35.4 Å². The molecule has 1 aliphatic rings. The maximum absolute atomic E-state index is 12.6. The number of aromatic nitrogens is 1. The summed E-state index contributed by atoms with van der Waals surface area (Å²) < 4.78 is 5.30. The number of aryl methyl sites for hydroxylation is 1. The number of fused-ring (bicyclic) bond motifs is 1. The summed E-state index contributed by atoms with van der Waals surface area (Å²) in [6.07, 6.45) is 2.20. The van der Waals surface area contributed by atoms with Gasteiger partial charge in [0.25, 0.3) is 5.91 Å². The zero-order chi connectivity index (χ0) is 17.4.